The van der Waals surface area contributed by atoms with E-state index in [2.05, 4.69) is 44.3 Å². The molecular formula is C14H21N. The first-order chi connectivity index (χ1) is 7.12. The largest absolute Gasteiger partial charge is 0.316 e. The van der Waals surface area contributed by atoms with Crippen molar-refractivity contribution in [1.82, 2.24) is 5.32 Å². The molecule has 1 atom stereocenters. The predicted octanol–water partition coefficient (Wildman–Crippen LogP) is 2.94. The average Bonchev–Trinajstić information content (AvgIpc) is 2.23. The van der Waals surface area contributed by atoms with Crippen molar-refractivity contribution in [2.75, 3.05) is 13.1 Å². The maximum atomic E-state index is 3.52. The van der Waals surface area contributed by atoms with Crippen molar-refractivity contribution in [3.8, 4) is 0 Å². The van der Waals surface area contributed by atoms with Crippen LogP contribution in [0.3, 0.4) is 0 Å². The molecule has 1 unspecified atom stereocenters. The summed E-state index contributed by atoms with van der Waals surface area (Å²) in [6.07, 6.45) is 2.61. The highest BCUT2D eigenvalue weighted by Gasteiger charge is 2.29. The highest BCUT2D eigenvalue weighted by Crippen LogP contribution is 2.33. The second kappa shape index (κ2) is 3.97. The second-order valence-corrected chi connectivity index (χ2v) is 5.16. The van der Waals surface area contributed by atoms with Gasteiger partial charge in [-0.3, -0.25) is 0 Å². The number of hydrogen-bond acceptors (Lipinski definition) is 1. The first-order valence-electron chi connectivity index (χ1n) is 5.90. The van der Waals surface area contributed by atoms with Crippen molar-refractivity contribution in [2.24, 2.45) is 0 Å². The molecule has 1 nitrogen and oxygen atoms in total. The van der Waals surface area contributed by atoms with Crippen molar-refractivity contribution in [2.45, 2.75) is 39.0 Å². The third kappa shape index (κ3) is 2.07. The van der Waals surface area contributed by atoms with Crippen LogP contribution in [0.1, 0.15) is 36.5 Å². The summed E-state index contributed by atoms with van der Waals surface area (Å²) in [6, 6.07) is 6.82. The summed E-state index contributed by atoms with van der Waals surface area (Å²) < 4.78 is 0. The highest BCUT2D eigenvalue weighted by molar-refractivity contribution is 5.37. The number of piperidine rings is 1. The van der Waals surface area contributed by atoms with E-state index in [1.54, 1.807) is 0 Å². The normalized spacial score (nSPS) is 26.6. The topological polar surface area (TPSA) is 12.0 Å². The molecule has 0 amide bonds. The average molecular weight is 203 g/mol. The van der Waals surface area contributed by atoms with Gasteiger partial charge in [0.15, 0.2) is 0 Å². The van der Waals surface area contributed by atoms with Crippen LogP contribution in [0.4, 0.5) is 0 Å². The molecule has 1 aliphatic heterocycles. The third-order valence-electron chi connectivity index (χ3n) is 3.64. The lowest BCUT2D eigenvalue weighted by atomic mass is 9.74. The minimum Gasteiger partial charge on any atom is -0.316 e. The quantitative estimate of drug-likeness (QED) is 0.740. The highest BCUT2D eigenvalue weighted by atomic mass is 14.9. The van der Waals surface area contributed by atoms with Gasteiger partial charge in [0.05, 0.1) is 0 Å². The summed E-state index contributed by atoms with van der Waals surface area (Å²) in [5, 5.41) is 3.52. The van der Waals surface area contributed by atoms with Crippen molar-refractivity contribution in [1.29, 1.82) is 0 Å². The Hall–Kier alpha value is -0.820. The van der Waals surface area contributed by atoms with E-state index in [9.17, 15) is 0 Å². The van der Waals surface area contributed by atoms with Gasteiger partial charge in [-0.25, -0.2) is 0 Å². The van der Waals surface area contributed by atoms with Gasteiger partial charge >= 0.3 is 0 Å². The molecular weight excluding hydrogens is 182 g/mol. The van der Waals surface area contributed by atoms with Gasteiger partial charge in [0.25, 0.3) is 0 Å². The number of benzene rings is 1. The maximum absolute atomic E-state index is 3.52. The number of nitrogens with one attached hydrogen (secondary N) is 1. The van der Waals surface area contributed by atoms with Crippen LogP contribution in [-0.4, -0.2) is 13.1 Å². The molecule has 1 aromatic carbocycles. The maximum Gasteiger partial charge on any atom is 0.00527 e. The Kier molecular flexibility index (Phi) is 2.83. The van der Waals surface area contributed by atoms with Crippen molar-refractivity contribution < 1.29 is 0 Å². The summed E-state index contributed by atoms with van der Waals surface area (Å²) in [5.74, 6) is 0. The summed E-state index contributed by atoms with van der Waals surface area (Å²) in [7, 11) is 0. The van der Waals surface area contributed by atoms with Crippen LogP contribution in [0.5, 0.6) is 0 Å². The molecule has 0 aliphatic carbocycles. The van der Waals surface area contributed by atoms with Crippen LogP contribution in [0.25, 0.3) is 0 Å². The Balaban J connectivity index is 2.38. The van der Waals surface area contributed by atoms with Gasteiger partial charge in [-0.2, -0.15) is 0 Å². The summed E-state index contributed by atoms with van der Waals surface area (Å²) in [5.41, 5.74) is 4.69. The first-order valence-corrected chi connectivity index (χ1v) is 5.90. The van der Waals surface area contributed by atoms with E-state index in [0.717, 1.165) is 6.54 Å². The number of hydrogen-bond donors (Lipinski definition) is 1. The number of aryl methyl sites for hydroxylation is 2. The Morgan fingerprint density at radius 1 is 1.27 bits per heavy atom. The Bertz CT molecular complexity index is 348. The lowest BCUT2D eigenvalue weighted by molar-refractivity contribution is 0.338. The van der Waals surface area contributed by atoms with E-state index in [1.807, 2.05) is 0 Å². The fourth-order valence-electron chi connectivity index (χ4n) is 2.67. The molecule has 82 valence electrons. The predicted molar refractivity (Wildman–Crippen MR) is 65.4 cm³/mol. The van der Waals surface area contributed by atoms with Crippen molar-refractivity contribution in [3.63, 3.8) is 0 Å². The standard InChI is InChI=1S/C14H21N/c1-11-5-6-12(2)13(9-11)14(3)7-4-8-15-10-14/h5-6,9,15H,4,7-8,10H2,1-3H3. The van der Waals surface area contributed by atoms with Gasteiger partial charge in [0, 0.05) is 12.0 Å². The van der Waals surface area contributed by atoms with Gasteiger partial charge in [0.1, 0.15) is 0 Å². The molecule has 0 radical (unpaired) electrons. The third-order valence-corrected chi connectivity index (χ3v) is 3.64. The zero-order valence-corrected chi connectivity index (χ0v) is 10.1. The van der Waals surface area contributed by atoms with Gasteiger partial charge in [-0.15, -0.1) is 0 Å². The van der Waals surface area contributed by atoms with Crippen LogP contribution in [0.2, 0.25) is 0 Å². The molecule has 1 N–H and O–H groups in total. The van der Waals surface area contributed by atoms with Gasteiger partial charge in [-0.05, 0) is 44.4 Å². The van der Waals surface area contributed by atoms with Crippen LogP contribution in [0.15, 0.2) is 18.2 Å². The van der Waals surface area contributed by atoms with Gasteiger partial charge in [0.2, 0.25) is 0 Å². The SMILES string of the molecule is Cc1ccc(C)c(C2(C)CCCNC2)c1. The zero-order valence-electron chi connectivity index (χ0n) is 10.1. The number of rotatable bonds is 1. The van der Waals surface area contributed by atoms with Gasteiger partial charge < -0.3 is 5.32 Å². The molecule has 0 aromatic heterocycles. The van der Waals surface area contributed by atoms with E-state index in [-0.39, 0.29) is 0 Å². The zero-order chi connectivity index (χ0) is 10.9. The minimum absolute atomic E-state index is 0.342. The lowest BCUT2D eigenvalue weighted by Gasteiger charge is -2.36. The first kappa shape index (κ1) is 10.7. The smallest absolute Gasteiger partial charge is 0.00527 e. The monoisotopic (exact) mass is 203 g/mol. The Morgan fingerprint density at radius 3 is 2.73 bits per heavy atom. The molecule has 1 fully saturated rings. The van der Waals surface area contributed by atoms with E-state index in [1.165, 1.54) is 36.1 Å². The molecule has 0 saturated carbocycles. The van der Waals surface area contributed by atoms with Crippen molar-refractivity contribution in [3.05, 3.63) is 34.9 Å². The molecule has 0 spiro atoms. The lowest BCUT2D eigenvalue weighted by Crippen LogP contribution is -2.41. The van der Waals surface area contributed by atoms with E-state index in [4.69, 9.17) is 0 Å². The Morgan fingerprint density at radius 2 is 2.07 bits per heavy atom. The fourth-order valence-corrected chi connectivity index (χ4v) is 2.67. The molecule has 1 heteroatoms. The van der Waals surface area contributed by atoms with E-state index >= 15 is 0 Å². The summed E-state index contributed by atoms with van der Waals surface area (Å²) in [6.45, 7) is 9.11. The second-order valence-electron chi connectivity index (χ2n) is 5.16. The van der Waals surface area contributed by atoms with Crippen LogP contribution < -0.4 is 5.32 Å². The minimum atomic E-state index is 0.342. The Labute approximate surface area is 92.9 Å². The van der Waals surface area contributed by atoms with Crippen LogP contribution in [0, 0.1) is 13.8 Å². The van der Waals surface area contributed by atoms with E-state index in [0.29, 0.717) is 5.41 Å². The molecule has 1 aromatic rings. The van der Waals surface area contributed by atoms with E-state index < -0.39 is 0 Å². The molecule has 15 heavy (non-hydrogen) atoms. The van der Waals surface area contributed by atoms with Crippen LogP contribution >= 0.6 is 0 Å². The van der Waals surface area contributed by atoms with Crippen molar-refractivity contribution >= 4 is 0 Å². The molecule has 2 rings (SSSR count). The summed E-state index contributed by atoms with van der Waals surface area (Å²) in [4.78, 5) is 0. The molecule has 0 bridgehead atoms. The molecule has 1 aliphatic rings. The molecule has 1 heterocycles. The van der Waals surface area contributed by atoms with Crippen LogP contribution in [-0.2, 0) is 5.41 Å². The van der Waals surface area contributed by atoms with Gasteiger partial charge in [-0.1, -0.05) is 30.7 Å². The summed E-state index contributed by atoms with van der Waals surface area (Å²) >= 11 is 0. The molecule has 1 saturated heterocycles. The fraction of sp³-hybridized carbons (Fsp3) is 0.571.